The van der Waals surface area contributed by atoms with Crippen LogP contribution in [0.5, 0.6) is 0 Å². The number of hydrogen-bond donors (Lipinski definition) is 1. The number of rotatable bonds is 7. The van der Waals surface area contributed by atoms with E-state index < -0.39 is 0 Å². The number of nitrogens with two attached hydrogens (primary N) is 1. The first-order chi connectivity index (χ1) is 8.77. The fourth-order valence-electron chi connectivity index (χ4n) is 2.61. The summed E-state index contributed by atoms with van der Waals surface area (Å²) in [5.41, 5.74) is 8.66. The SMILES string of the molecule is CCCCN(C1CC1)C(CN)c1cnccc1C. The molecule has 0 aliphatic heterocycles. The molecule has 1 aliphatic rings. The molecule has 1 saturated carbocycles. The number of unbranched alkanes of at least 4 members (excludes halogenated alkanes) is 1. The van der Waals surface area contributed by atoms with Crippen LogP contribution in [0.1, 0.15) is 49.8 Å². The molecule has 100 valence electrons. The van der Waals surface area contributed by atoms with Gasteiger partial charge in [0.15, 0.2) is 0 Å². The second-order valence-electron chi connectivity index (χ2n) is 5.31. The molecule has 0 aromatic carbocycles. The van der Waals surface area contributed by atoms with Gasteiger partial charge in [0, 0.05) is 31.0 Å². The summed E-state index contributed by atoms with van der Waals surface area (Å²) in [7, 11) is 0. The van der Waals surface area contributed by atoms with Gasteiger partial charge in [0.25, 0.3) is 0 Å². The average Bonchev–Trinajstić information content (AvgIpc) is 3.20. The van der Waals surface area contributed by atoms with Crippen LogP contribution in [-0.4, -0.2) is 29.0 Å². The summed E-state index contributed by atoms with van der Waals surface area (Å²) in [6.45, 7) is 6.26. The molecule has 0 radical (unpaired) electrons. The van der Waals surface area contributed by atoms with Crippen molar-refractivity contribution in [3.8, 4) is 0 Å². The van der Waals surface area contributed by atoms with Gasteiger partial charge in [0.1, 0.15) is 0 Å². The van der Waals surface area contributed by atoms with E-state index in [4.69, 9.17) is 5.73 Å². The highest BCUT2D eigenvalue weighted by Crippen LogP contribution is 2.34. The van der Waals surface area contributed by atoms with E-state index in [2.05, 4.69) is 29.8 Å². The van der Waals surface area contributed by atoms with Crippen molar-refractivity contribution in [2.75, 3.05) is 13.1 Å². The molecular weight excluding hydrogens is 222 g/mol. The van der Waals surface area contributed by atoms with E-state index in [1.807, 2.05) is 12.4 Å². The van der Waals surface area contributed by atoms with E-state index in [0.29, 0.717) is 12.6 Å². The van der Waals surface area contributed by atoms with Crippen molar-refractivity contribution in [3.63, 3.8) is 0 Å². The Balaban J connectivity index is 2.17. The predicted molar refractivity (Wildman–Crippen MR) is 75.4 cm³/mol. The second kappa shape index (κ2) is 6.30. The first-order valence-corrected chi connectivity index (χ1v) is 7.14. The maximum Gasteiger partial charge on any atom is 0.0491 e. The third-order valence-corrected chi connectivity index (χ3v) is 3.85. The standard InChI is InChI=1S/C15H25N3/c1-3-4-9-18(13-5-6-13)15(10-16)14-11-17-8-7-12(14)2/h7-8,11,13,15H,3-6,9-10,16H2,1-2H3. The maximum absolute atomic E-state index is 6.04. The van der Waals surface area contributed by atoms with Gasteiger partial charge in [-0.3, -0.25) is 9.88 Å². The van der Waals surface area contributed by atoms with Crippen LogP contribution in [0, 0.1) is 6.92 Å². The molecule has 0 saturated heterocycles. The molecular formula is C15H25N3. The Morgan fingerprint density at radius 2 is 2.28 bits per heavy atom. The summed E-state index contributed by atoms with van der Waals surface area (Å²) in [5.74, 6) is 0. The Hall–Kier alpha value is -0.930. The molecule has 1 aromatic rings. The lowest BCUT2D eigenvalue weighted by atomic mass is 10.0. The third-order valence-electron chi connectivity index (χ3n) is 3.85. The minimum absolute atomic E-state index is 0.345. The first kappa shape index (κ1) is 13.5. The van der Waals surface area contributed by atoms with Crippen molar-refractivity contribution in [1.29, 1.82) is 0 Å². The number of hydrogen-bond acceptors (Lipinski definition) is 3. The van der Waals surface area contributed by atoms with Crippen LogP contribution in [-0.2, 0) is 0 Å². The second-order valence-corrected chi connectivity index (χ2v) is 5.31. The molecule has 3 nitrogen and oxygen atoms in total. The summed E-state index contributed by atoms with van der Waals surface area (Å²) < 4.78 is 0. The van der Waals surface area contributed by atoms with Crippen molar-refractivity contribution in [1.82, 2.24) is 9.88 Å². The smallest absolute Gasteiger partial charge is 0.0491 e. The molecule has 2 N–H and O–H groups in total. The van der Waals surface area contributed by atoms with Crippen LogP contribution < -0.4 is 5.73 Å². The fourth-order valence-corrected chi connectivity index (χ4v) is 2.61. The van der Waals surface area contributed by atoms with E-state index in [1.54, 1.807) is 0 Å². The zero-order valence-corrected chi connectivity index (χ0v) is 11.6. The zero-order chi connectivity index (χ0) is 13.0. The minimum atomic E-state index is 0.345. The summed E-state index contributed by atoms with van der Waals surface area (Å²) in [6, 6.07) is 3.19. The van der Waals surface area contributed by atoms with Crippen LogP contribution >= 0.6 is 0 Å². The van der Waals surface area contributed by atoms with E-state index in [9.17, 15) is 0 Å². The van der Waals surface area contributed by atoms with Gasteiger partial charge in [-0.05, 0) is 49.9 Å². The molecule has 1 unspecified atom stereocenters. The van der Waals surface area contributed by atoms with Gasteiger partial charge in [-0.1, -0.05) is 13.3 Å². The molecule has 0 amide bonds. The molecule has 0 bridgehead atoms. The largest absolute Gasteiger partial charge is 0.329 e. The molecule has 1 atom stereocenters. The van der Waals surface area contributed by atoms with Crippen LogP contribution in [0.15, 0.2) is 18.5 Å². The van der Waals surface area contributed by atoms with Gasteiger partial charge in [0.05, 0.1) is 0 Å². The summed E-state index contributed by atoms with van der Waals surface area (Å²) in [6.07, 6.45) is 9.02. The Labute approximate surface area is 110 Å². The molecule has 18 heavy (non-hydrogen) atoms. The van der Waals surface area contributed by atoms with Crippen molar-refractivity contribution in [2.45, 2.75) is 51.6 Å². The van der Waals surface area contributed by atoms with Crippen molar-refractivity contribution >= 4 is 0 Å². The lowest BCUT2D eigenvalue weighted by Crippen LogP contribution is -2.36. The highest BCUT2D eigenvalue weighted by Gasteiger charge is 2.34. The average molecular weight is 247 g/mol. The summed E-state index contributed by atoms with van der Waals surface area (Å²) in [4.78, 5) is 6.88. The highest BCUT2D eigenvalue weighted by atomic mass is 15.2. The Kier molecular flexibility index (Phi) is 4.72. The monoisotopic (exact) mass is 247 g/mol. The molecule has 2 rings (SSSR count). The highest BCUT2D eigenvalue weighted by molar-refractivity contribution is 5.26. The number of nitrogens with zero attached hydrogens (tertiary/aromatic N) is 2. The molecule has 0 spiro atoms. The van der Waals surface area contributed by atoms with E-state index in [1.165, 1.54) is 36.8 Å². The van der Waals surface area contributed by atoms with Gasteiger partial charge < -0.3 is 5.73 Å². The summed E-state index contributed by atoms with van der Waals surface area (Å²) >= 11 is 0. The lowest BCUT2D eigenvalue weighted by Gasteiger charge is -2.32. The van der Waals surface area contributed by atoms with Gasteiger partial charge in [-0.25, -0.2) is 0 Å². The Morgan fingerprint density at radius 1 is 1.50 bits per heavy atom. The lowest BCUT2D eigenvalue weighted by molar-refractivity contribution is 0.187. The van der Waals surface area contributed by atoms with Gasteiger partial charge in [0.2, 0.25) is 0 Å². The normalized spacial score (nSPS) is 17.1. The first-order valence-electron chi connectivity index (χ1n) is 7.14. The van der Waals surface area contributed by atoms with E-state index >= 15 is 0 Å². The Morgan fingerprint density at radius 3 is 2.83 bits per heavy atom. The van der Waals surface area contributed by atoms with Crippen LogP contribution in [0.3, 0.4) is 0 Å². The Bertz CT molecular complexity index is 374. The quantitative estimate of drug-likeness (QED) is 0.805. The van der Waals surface area contributed by atoms with Crippen molar-refractivity contribution in [2.24, 2.45) is 5.73 Å². The number of aromatic nitrogens is 1. The van der Waals surface area contributed by atoms with Crippen LogP contribution in [0.4, 0.5) is 0 Å². The molecule has 1 heterocycles. The fraction of sp³-hybridized carbons (Fsp3) is 0.667. The zero-order valence-electron chi connectivity index (χ0n) is 11.6. The van der Waals surface area contributed by atoms with Crippen molar-refractivity contribution in [3.05, 3.63) is 29.6 Å². The molecule has 1 fully saturated rings. The molecule has 3 heteroatoms. The molecule has 1 aliphatic carbocycles. The maximum atomic E-state index is 6.04. The van der Waals surface area contributed by atoms with Crippen LogP contribution in [0.25, 0.3) is 0 Å². The molecule has 1 aromatic heterocycles. The van der Waals surface area contributed by atoms with E-state index in [-0.39, 0.29) is 0 Å². The van der Waals surface area contributed by atoms with Gasteiger partial charge >= 0.3 is 0 Å². The third kappa shape index (κ3) is 3.09. The number of pyridine rings is 1. The minimum Gasteiger partial charge on any atom is -0.329 e. The number of aryl methyl sites for hydroxylation is 1. The topological polar surface area (TPSA) is 42.1 Å². The predicted octanol–water partition coefficient (Wildman–Crippen LogP) is 2.65. The summed E-state index contributed by atoms with van der Waals surface area (Å²) in [5, 5.41) is 0. The van der Waals surface area contributed by atoms with E-state index in [0.717, 1.165) is 12.6 Å². The van der Waals surface area contributed by atoms with Crippen molar-refractivity contribution < 1.29 is 0 Å². The van der Waals surface area contributed by atoms with Crippen LogP contribution in [0.2, 0.25) is 0 Å². The van der Waals surface area contributed by atoms with Gasteiger partial charge in [-0.15, -0.1) is 0 Å². The van der Waals surface area contributed by atoms with Gasteiger partial charge in [-0.2, -0.15) is 0 Å².